The Morgan fingerprint density at radius 2 is 1.89 bits per heavy atom. The number of hydrogen-bond donors (Lipinski definition) is 0. The fraction of sp³-hybridized carbons (Fsp3) is 1.00. The van der Waals surface area contributed by atoms with Gasteiger partial charge in [0.05, 0.1) is 0 Å². The highest BCUT2D eigenvalue weighted by molar-refractivity contribution is 4.73. The molecule has 54 valence electrons. The van der Waals surface area contributed by atoms with Crippen LogP contribution >= 0.6 is 0 Å². The molecule has 1 heterocycles. The van der Waals surface area contributed by atoms with Crippen LogP contribution in [0.3, 0.4) is 0 Å². The van der Waals surface area contributed by atoms with Crippen LogP contribution in [0.5, 0.6) is 0 Å². The van der Waals surface area contributed by atoms with Crippen LogP contribution in [0.15, 0.2) is 0 Å². The molecule has 1 heteroatoms. The van der Waals surface area contributed by atoms with E-state index in [1.807, 2.05) is 0 Å². The number of nitrogens with zero attached hydrogens (tertiary/aromatic N) is 1. The van der Waals surface area contributed by atoms with Gasteiger partial charge in [0.1, 0.15) is 0 Å². The van der Waals surface area contributed by atoms with Crippen molar-refractivity contribution in [3.63, 3.8) is 0 Å². The van der Waals surface area contributed by atoms with Gasteiger partial charge in [-0.15, -0.1) is 0 Å². The van der Waals surface area contributed by atoms with Crippen molar-refractivity contribution in [3.8, 4) is 0 Å². The van der Waals surface area contributed by atoms with Crippen molar-refractivity contribution in [2.45, 2.75) is 32.7 Å². The van der Waals surface area contributed by atoms with Gasteiger partial charge < -0.3 is 4.90 Å². The molecule has 1 nitrogen and oxygen atoms in total. The summed E-state index contributed by atoms with van der Waals surface area (Å²) in [6.45, 7) is 5.94. The molecule has 1 aliphatic rings. The molecule has 0 N–H and O–H groups in total. The van der Waals surface area contributed by atoms with Crippen molar-refractivity contribution in [2.75, 3.05) is 13.6 Å². The van der Waals surface area contributed by atoms with Gasteiger partial charge in [-0.25, -0.2) is 0 Å². The average Bonchev–Trinajstić information content (AvgIpc) is 1.80. The van der Waals surface area contributed by atoms with E-state index in [2.05, 4.69) is 25.8 Å². The van der Waals surface area contributed by atoms with Gasteiger partial charge in [0.25, 0.3) is 0 Å². The summed E-state index contributed by atoms with van der Waals surface area (Å²) in [5, 5.41) is 0. The van der Waals surface area contributed by atoms with Crippen LogP contribution in [0.1, 0.15) is 26.7 Å². The number of rotatable bonds is 0. The molecule has 0 amide bonds. The van der Waals surface area contributed by atoms with E-state index < -0.39 is 0 Å². The molecule has 1 rings (SSSR count). The normalized spacial score (nSPS) is 39.0. The minimum atomic E-state index is 0.821. The highest BCUT2D eigenvalue weighted by Gasteiger charge is 2.18. The van der Waals surface area contributed by atoms with Crippen LogP contribution in [0.4, 0.5) is 0 Å². The molecule has 0 aromatic heterocycles. The van der Waals surface area contributed by atoms with Gasteiger partial charge in [-0.3, -0.25) is 0 Å². The zero-order valence-electron chi connectivity index (χ0n) is 6.72. The van der Waals surface area contributed by atoms with Crippen molar-refractivity contribution in [1.82, 2.24) is 4.90 Å². The van der Waals surface area contributed by atoms with Crippen molar-refractivity contribution >= 4 is 0 Å². The molecular weight excluding hydrogens is 110 g/mol. The monoisotopic (exact) mass is 127 g/mol. The lowest BCUT2D eigenvalue weighted by Crippen LogP contribution is -2.37. The average molecular weight is 127 g/mol. The highest BCUT2D eigenvalue weighted by atomic mass is 15.1. The Morgan fingerprint density at radius 3 is 2.33 bits per heavy atom. The minimum absolute atomic E-state index is 0.821. The third-order valence-electron chi connectivity index (χ3n) is 2.43. The summed E-state index contributed by atoms with van der Waals surface area (Å²) in [5.74, 6) is 0.922. The molecule has 0 aromatic rings. The van der Waals surface area contributed by atoms with Crippen LogP contribution in [0.25, 0.3) is 0 Å². The third-order valence-corrected chi connectivity index (χ3v) is 2.43. The van der Waals surface area contributed by atoms with Crippen molar-refractivity contribution in [2.24, 2.45) is 5.92 Å². The molecular formula is C8H17N. The Bertz CT molecular complexity index is 90.6. The second kappa shape index (κ2) is 2.70. The minimum Gasteiger partial charge on any atom is -0.303 e. The first-order chi connectivity index (χ1) is 4.20. The second-order valence-corrected chi connectivity index (χ2v) is 3.47. The van der Waals surface area contributed by atoms with E-state index in [1.165, 1.54) is 19.4 Å². The predicted octanol–water partition coefficient (Wildman–Crippen LogP) is 1.74. The summed E-state index contributed by atoms with van der Waals surface area (Å²) in [4.78, 5) is 2.45. The molecule has 0 radical (unpaired) electrons. The molecule has 1 fully saturated rings. The standard InChI is InChI=1S/C8H17N/c1-7-4-5-8(2)9(3)6-7/h7-8H,4-6H2,1-3H3/t7-,8-/m1/s1. The smallest absolute Gasteiger partial charge is 0.00641 e. The molecule has 0 aliphatic carbocycles. The SMILES string of the molecule is C[C@@H]1CC[C@@H](C)N(C)C1. The Balaban J connectivity index is 2.35. The molecule has 0 bridgehead atoms. The highest BCUT2D eigenvalue weighted by Crippen LogP contribution is 2.18. The van der Waals surface area contributed by atoms with Crippen molar-refractivity contribution < 1.29 is 0 Å². The van der Waals surface area contributed by atoms with Gasteiger partial charge in [-0.05, 0) is 32.7 Å². The van der Waals surface area contributed by atoms with Gasteiger partial charge in [0.2, 0.25) is 0 Å². The van der Waals surface area contributed by atoms with Crippen LogP contribution in [-0.4, -0.2) is 24.5 Å². The van der Waals surface area contributed by atoms with E-state index in [4.69, 9.17) is 0 Å². The van der Waals surface area contributed by atoms with Crippen LogP contribution < -0.4 is 0 Å². The largest absolute Gasteiger partial charge is 0.303 e. The lowest BCUT2D eigenvalue weighted by molar-refractivity contribution is 0.158. The van der Waals surface area contributed by atoms with Gasteiger partial charge in [-0.1, -0.05) is 6.92 Å². The number of piperidine rings is 1. The molecule has 0 aromatic carbocycles. The van der Waals surface area contributed by atoms with E-state index in [-0.39, 0.29) is 0 Å². The summed E-state index contributed by atoms with van der Waals surface area (Å²) in [6.07, 6.45) is 2.81. The maximum absolute atomic E-state index is 2.45. The van der Waals surface area contributed by atoms with Crippen LogP contribution in [0, 0.1) is 5.92 Å². The van der Waals surface area contributed by atoms with E-state index in [0.717, 1.165) is 12.0 Å². The molecule has 0 unspecified atom stereocenters. The van der Waals surface area contributed by atoms with Crippen LogP contribution in [-0.2, 0) is 0 Å². The molecule has 1 saturated heterocycles. The maximum Gasteiger partial charge on any atom is 0.00641 e. The lowest BCUT2D eigenvalue weighted by atomic mass is 9.96. The number of hydrogen-bond acceptors (Lipinski definition) is 1. The first kappa shape index (κ1) is 7.07. The Morgan fingerprint density at radius 1 is 1.22 bits per heavy atom. The predicted molar refractivity (Wildman–Crippen MR) is 40.5 cm³/mol. The van der Waals surface area contributed by atoms with E-state index in [0.29, 0.717) is 0 Å². The van der Waals surface area contributed by atoms with E-state index >= 15 is 0 Å². The van der Waals surface area contributed by atoms with Crippen molar-refractivity contribution in [1.29, 1.82) is 0 Å². The van der Waals surface area contributed by atoms with Crippen LogP contribution in [0.2, 0.25) is 0 Å². The van der Waals surface area contributed by atoms with Crippen molar-refractivity contribution in [3.05, 3.63) is 0 Å². The third kappa shape index (κ3) is 1.68. The summed E-state index contributed by atoms with van der Waals surface area (Å²) in [6, 6.07) is 0.821. The van der Waals surface area contributed by atoms with E-state index in [1.54, 1.807) is 0 Å². The summed E-state index contributed by atoms with van der Waals surface area (Å²) < 4.78 is 0. The molecule has 2 atom stereocenters. The Labute approximate surface area is 58.0 Å². The molecule has 0 spiro atoms. The summed E-state index contributed by atoms with van der Waals surface area (Å²) in [7, 11) is 2.22. The quantitative estimate of drug-likeness (QED) is 0.479. The maximum atomic E-state index is 2.45. The summed E-state index contributed by atoms with van der Waals surface area (Å²) in [5.41, 5.74) is 0. The first-order valence-electron chi connectivity index (χ1n) is 3.90. The Kier molecular flexibility index (Phi) is 2.12. The Hall–Kier alpha value is -0.0400. The first-order valence-corrected chi connectivity index (χ1v) is 3.90. The zero-order valence-corrected chi connectivity index (χ0v) is 6.72. The van der Waals surface area contributed by atoms with Gasteiger partial charge >= 0.3 is 0 Å². The lowest BCUT2D eigenvalue weighted by Gasteiger charge is -2.33. The van der Waals surface area contributed by atoms with Gasteiger partial charge in [0.15, 0.2) is 0 Å². The molecule has 0 saturated carbocycles. The topological polar surface area (TPSA) is 3.24 Å². The van der Waals surface area contributed by atoms with E-state index in [9.17, 15) is 0 Å². The fourth-order valence-electron chi connectivity index (χ4n) is 1.51. The van der Waals surface area contributed by atoms with Gasteiger partial charge in [0, 0.05) is 12.6 Å². The molecule has 1 aliphatic heterocycles. The zero-order chi connectivity index (χ0) is 6.85. The fourth-order valence-corrected chi connectivity index (χ4v) is 1.51. The van der Waals surface area contributed by atoms with Gasteiger partial charge in [-0.2, -0.15) is 0 Å². The molecule has 9 heavy (non-hydrogen) atoms. The second-order valence-electron chi connectivity index (χ2n) is 3.47. The summed E-state index contributed by atoms with van der Waals surface area (Å²) >= 11 is 0. The number of likely N-dealkylation sites (tertiary alicyclic amines) is 1.